The van der Waals surface area contributed by atoms with E-state index in [2.05, 4.69) is 41.8 Å². The molecule has 5 heterocycles. The SMILES string of the molecule is CC(CC1NC2CCC21)c1nc2c(-c3ccc(-c4ccccc4)nc3)cnn2c2c1COCN2. The lowest BCUT2D eigenvalue weighted by Gasteiger charge is -2.55. The van der Waals surface area contributed by atoms with Crippen LogP contribution in [0.2, 0.25) is 0 Å². The van der Waals surface area contributed by atoms with Crippen LogP contribution in [-0.2, 0) is 11.3 Å². The van der Waals surface area contributed by atoms with Crippen LogP contribution in [0.15, 0.2) is 54.9 Å². The zero-order valence-electron chi connectivity index (χ0n) is 19.2. The molecular weight excluding hydrogens is 424 g/mol. The minimum absolute atomic E-state index is 0.336. The Morgan fingerprint density at radius 3 is 2.74 bits per heavy atom. The number of aromatic nitrogens is 4. The molecule has 7 heteroatoms. The molecule has 0 radical (unpaired) electrons. The summed E-state index contributed by atoms with van der Waals surface area (Å²) in [6.07, 6.45) is 7.63. The average molecular weight is 453 g/mol. The van der Waals surface area contributed by atoms with E-state index in [0.29, 0.717) is 25.3 Å². The van der Waals surface area contributed by atoms with Crippen molar-refractivity contribution in [3.05, 3.63) is 66.1 Å². The van der Waals surface area contributed by atoms with Crippen LogP contribution in [0.5, 0.6) is 0 Å². The van der Waals surface area contributed by atoms with Crippen molar-refractivity contribution in [1.29, 1.82) is 0 Å². The van der Waals surface area contributed by atoms with E-state index < -0.39 is 0 Å². The van der Waals surface area contributed by atoms with Gasteiger partial charge in [-0.2, -0.15) is 9.61 Å². The van der Waals surface area contributed by atoms with Crippen LogP contribution < -0.4 is 10.6 Å². The maximum absolute atomic E-state index is 5.76. The highest BCUT2D eigenvalue weighted by molar-refractivity contribution is 5.79. The van der Waals surface area contributed by atoms with Gasteiger partial charge in [0.2, 0.25) is 0 Å². The summed E-state index contributed by atoms with van der Waals surface area (Å²) in [5.74, 6) is 2.19. The quantitative estimate of drug-likeness (QED) is 0.461. The first-order valence-corrected chi connectivity index (χ1v) is 12.3. The summed E-state index contributed by atoms with van der Waals surface area (Å²) >= 11 is 0. The van der Waals surface area contributed by atoms with Crippen LogP contribution >= 0.6 is 0 Å². The number of ether oxygens (including phenoxy) is 1. The molecule has 1 aliphatic carbocycles. The zero-order valence-corrected chi connectivity index (χ0v) is 19.2. The molecule has 0 amide bonds. The van der Waals surface area contributed by atoms with Crippen LogP contribution in [0.4, 0.5) is 5.82 Å². The Bertz CT molecular complexity index is 1350. The molecule has 2 N–H and O–H groups in total. The standard InChI is InChI=1S/C27H28N6O/c1-16(11-24-19-8-10-23(19)31-24)25-21-14-34-15-29-26(21)33-27(32-25)20(13-30-33)18-7-9-22(28-12-18)17-5-3-2-4-6-17/h2-7,9,12-13,16,19,23-24,29,31H,8,10-11,14-15H2,1H3. The second-order valence-electron chi connectivity index (χ2n) is 9.84. The number of benzene rings is 1. The van der Waals surface area contributed by atoms with Gasteiger partial charge in [0.15, 0.2) is 5.65 Å². The first-order valence-electron chi connectivity index (χ1n) is 12.3. The monoisotopic (exact) mass is 452 g/mol. The number of anilines is 1. The maximum Gasteiger partial charge on any atom is 0.165 e. The minimum Gasteiger partial charge on any atom is -0.356 e. The van der Waals surface area contributed by atoms with E-state index in [1.165, 1.54) is 12.8 Å². The van der Waals surface area contributed by atoms with Crippen LogP contribution in [0.3, 0.4) is 0 Å². The molecule has 4 aromatic rings. The molecule has 2 aliphatic heterocycles. The van der Waals surface area contributed by atoms with Crippen molar-refractivity contribution in [3.63, 3.8) is 0 Å². The summed E-state index contributed by atoms with van der Waals surface area (Å²) in [6, 6.07) is 15.8. The van der Waals surface area contributed by atoms with Gasteiger partial charge >= 0.3 is 0 Å². The Morgan fingerprint density at radius 1 is 1.09 bits per heavy atom. The van der Waals surface area contributed by atoms with Crippen LogP contribution in [0.25, 0.3) is 28.0 Å². The number of nitrogens with one attached hydrogen (secondary N) is 2. The van der Waals surface area contributed by atoms with Crippen LogP contribution in [-0.4, -0.2) is 38.4 Å². The Labute approximate surface area is 198 Å². The molecule has 0 bridgehead atoms. The van der Waals surface area contributed by atoms with Crippen molar-refractivity contribution in [3.8, 4) is 22.4 Å². The molecule has 3 aromatic heterocycles. The molecule has 1 saturated heterocycles. The van der Waals surface area contributed by atoms with Crippen LogP contribution in [0.1, 0.15) is 43.4 Å². The largest absolute Gasteiger partial charge is 0.356 e. The van der Waals surface area contributed by atoms with Crippen molar-refractivity contribution < 1.29 is 4.74 Å². The van der Waals surface area contributed by atoms with Crippen molar-refractivity contribution in [2.45, 2.75) is 50.8 Å². The van der Waals surface area contributed by atoms with E-state index in [0.717, 1.165) is 63.5 Å². The van der Waals surface area contributed by atoms with Crippen LogP contribution in [0, 0.1) is 5.92 Å². The van der Waals surface area contributed by atoms with Gasteiger partial charge in [0, 0.05) is 46.5 Å². The first-order chi connectivity index (χ1) is 16.8. The van der Waals surface area contributed by atoms with Gasteiger partial charge in [-0.3, -0.25) is 4.98 Å². The van der Waals surface area contributed by atoms with Gasteiger partial charge in [0.25, 0.3) is 0 Å². The number of hydrogen-bond acceptors (Lipinski definition) is 6. The molecule has 172 valence electrons. The van der Waals surface area contributed by atoms with E-state index in [4.69, 9.17) is 19.8 Å². The molecule has 34 heavy (non-hydrogen) atoms. The summed E-state index contributed by atoms with van der Waals surface area (Å²) in [5.41, 5.74) is 7.20. The highest BCUT2D eigenvalue weighted by Crippen LogP contribution is 2.43. The third-order valence-corrected chi connectivity index (χ3v) is 7.86. The number of pyridine rings is 1. The smallest absolute Gasteiger partial charge is 0.165 e. The molecule has 4 unspecified atom stereocenters. The summed E-state index contributed by atoms with van der Waals surface area (Å²) in [5, 5.41) is 11.9. The van der Waals surface area contributed by atoms with Gasteiger partial charge in [-0.15, -0.1) is 0 Å². The summed E-state index contributed by atoms with van der Waals surface area (Å²) < 4.78 is 7.69. The fraction of sp³-hybridized carbons (Fsp3) is 0.370. The van der Waals surface area contributed by atoms with E-state index >= 15 is 0 Å². The Balaban J connectivity index is 1.27. The molecule has 0 spiro atoms. The zero-order chi connectivity index (χ0) is 22.6. The van der Waals surface area contributed by atoms with Gasteiger partial charge in [0.1, 0.15) is 12.5 Å². The predicted octanol–water partition coefficient (Wildman–Crippen LogP) is 4.60. The molecule has 4 atom stereocenters. The van der Waals surface area contributed by atoms with Crippen molar-refractivity contribution in [2.24, 2.45) is 5.92 Å². The van der Waals surface area contributed by atoms with Gasteiger partial charge in [-0.1, -0.05) is 43.3 Å². The maximum atomic E-state index is 5.76. The lowest BCUT2D eigenvalue weighted by Crippen LogP contribution is -2.67. The van der Waals surface area contributed by atoms with Crippen molar-refractivity contribution in [2.75, 3.05) is 12.0 Å². The molecule has 1 saturated carbocycles. The van der Waals surface area contributed by atoms with Gasteiger partial charge in [0.05, 0.1) is 24.2 Å². The summed E-state index contributed by atoms with van der Waals surface area (Å²) in [4.78, 5) is 9.93. The number of fused-ring (bicyclic) bond motifs is 4. The molecule has 2 fully saturated rings. The molecule has 7 rings (SSSR count). The third-order valence-electron chi connectivity index (χ3n) is 7.86. The molecule has 7 nitrogen and oxygen atoms in total. The number of nitrogens with zero attached hydrogens (tertiary/aromatic N) is 4. The Morgan fingerprint density at radius 2 is 2.00 bits per heavy atom. The van der Waals surface area contributed by atoms with E-state index in [9.17, 15) is 0 Å². The first kappa shape index (κ1) is 20.1. The fourth-order valence-corrected chi connectivity index (χ4v) is 5.81. The molecular formula is C27H28N6O. The van der Waals surface area contributed by atoms with Crippen molar-refractivity contribution >= 4 is 11.5 Å². The molecule has 3 aliphatic rings. The lowest BCUT2D eigenvalue weighted by atomic mass is 9.65. The normalized spacial score (nSPS) is 23.9. The fourth-order valence-electron chi connectivity index (χ4n) is 5.81. The third kappa shape index (κ3) is 3.15. The second kappa shape index (κ2) is 7.89. The Kier molecular flexibility index (Phi) is 4.67. The minimum atomic E-state index is 0.336. The topological polar surface area (TPSA) is 76.4 Å². The predicted molar refractivity (Wildman–Crippen MR) is 131 cm³/mol. The van der Waals surface area contributed by atoms with Crippen molar-refractivity contribution in [1.82, 2.24) is 24.9 Å². The van der Waals surface area contributed by atoms with E-state index in [1.54, 1.807) is 0 Å². The van der Waals surface area contributed by atoms with Gasteiger partial charge in [-0.25, -0.2) is 4.98 Å². The van der Waals surface area contributed by atoms with Gasteiger partial charge in [-0.05, 0) is 31.2 Å². The number of rotatable bonds is 5. The average Bonchev–Trinajstić information content (AvgIpc) is 3.31. The second-order valence-corrected chi connectivity index (χ2v) is 9.84. The highest BCUT2D eigenvalue weighted by Gasteiger charge is 2.47. The summed E-state index contributed by atoms with van der Waals surface area (Å²) in [7, 11) is 0. The van der Waals surface area contributed by atoms with E-state index in [1.807, 2.05) is 35.1 Å². The number of hydrogen-bond donors (Lipinski definition) is 2. The number of piperidine rings is 1. The van der Waals surface area contributed by atoms with E-state index in [-0.39, 0.29) is 0 Å². The summed E-state index contributed by atoms with van der Waals surface area (Å²) in [6.45, 7) is 3.35. The molecule has 1 aromatic carbocycles. The highest BCUT2D eigenvalue weighted by atomic mass is 16.5. The Hall–Kier alpha value is -3.29. The van der Waals surface area contributed by atoms with Gasteiger partial charge < -0.3 is 15.4 Å². The lowest BCUT2D eigenvalue weighted by molar-refractivity contribution is 0.0334.